The topological polar surface area (TPSA) is 15.3 Å². The van der Waals surface area contributed by atoms with Crippen LogP contribution in [-0.4, -0.2) is 31.6 Å². The van der Waals surface area contributed by atoms with Gasteiger partial charge in [0.2, 0.25) is 0 Å². The van der Waals surface area contributed by atoms with Crippen molar-refractivity contribution in [1.82, 2.24) is 10.2 Å². The maximum atomic E-state index is 14.2. The van der Waals surface area contributed by atoms with E-state index in [2.05, 4.69) is 17.1 Å². The number of halogens is 1. The van der Waals surface area contributed by atoms with Crippen LogP contribution in [0.25, 0.3) is 0 Å². The minimum atomic E-state index is -0.0558. The Balaban J connectivity index is 2.31. The number of hydrogen-bond acceptors (Lipinski definition) is 2. The van der Waals surface area contributed by atoms with E-state index < -0.39 is 0 Å². The Hall–Kier alpha value is -0.930. The zero-order valence-electron chi connectivity index (χ0n) is 12.2. The molecule has 19 heavy (non-hydrogen) atoms. The van der Waals surface area contributed by atoms with Crippen LogP contribution in [0.5, 0.6) is 0 Å². The highest BCUT2D eigenvalue weighted by molar-refractivity contribution is 5.28. The molecule has 2 atom stereocenters. The van der Waals surface area contributed by atoms with Crippen LogP contribution in [0.1, 0.15) is 36.9 Å². The van der Waals surface area contributed by atoms with E-state index >= 15 is 0 Å². The molecule has 106 valence electrons. The molecule has 1 aliphatic heterocycles. The second kappa shape index (κ2) is 6.49. The number of benzene rings is 1. The van der Waals surface area contributed by atoms with E-state index in [-0.39, 0.29) is 11.9 Å². The van der Waals surface area contributed by atoms with Crippen LogP contribution in [0.4, 0.5) is 4.39 Å². The highest BCUT2D eigenvalue weighted by Gasteiger charge is 2.35. The van der Waals surface area contributed by atoms with Gasteiger partial charge in [0.15, 0.2) is 0 Å². The van der Waals surface area contributed by atoms with Gasteiger partial charge >= 0.3 is 0 Å². The quantitative estimate of drug-likeness (QED) is 0.879. The summed E-state index contributed by atoms with van der Waals surface area (Å²) in [5.41, 5.74) is 2.02. The number of likely N-dealkylation sites (tertiary alicyclic amines) is 1. The van der Waals surface area contributed by atoms with E-state index in [9.17, 15) is 4.39 Å². The van der Waals surface area contributed by atoms with Crippen LogP contribution in [0.2, 0.25) is 0 Å². The largest absolute Gasteiger partial charge is 0.319 e. The van der Waals surface area contributed by atoms with Crippen molar-refractivity contribution in [2.24, 2.45) is 5.92 Å². The van der Waals surface area contributed by atoms with E-state index in [0.29, 0.717) is 5.92 Å². The van der Waals surface area contributed by atoms with Gasteiger partial charge < -0.3 is 5.32 Å². The average molecular weight is 264 g/mol. The second-order valence-corrected chi connectivity index (χ2v) is 5.61. The third-order valence-electron chi connectivity index (χ3n) is 4.07. The number of nitrogens with one attached hydrogen (secondary N) is 1. The zero-order chi connectivity index (χ0) is 13.8. The molecule has 0 bridgehead atoms. The van der Waals surface area contributed by atoms with E-state index in [0.717, 1.165) is 43.6 Å². The Morgan fingerprint density at radius 1 is 1.42 bits per heavy atom. The molecular formula is C16H25FN2. The van der Waals surface area contributed by atoms with Crippen LogP contribution in [-0.2, 0) is 0 Å². The predicted octanol–water partition coefficient (Wildman–Crippen LogP) is 3.13. The van der Waals surface area contributed by atoms with E-state index in [1.807, 2.05) is 26.1 Å². The smallest absolute Gasteiger partial charge is 0.128 e. The molecule has 0 aromatic heterocycles. The van der Waals surface area contributed by atoms with Crippen molar-refractivity contribution in [2.75, 3.05) is 26.7 Å². The lowest BCUT2D eigenvalue weighted by Gasteiger charge is -2.29. The van der Waals surface area contributed by atoms with Gasteiger partial charge in [-0.2, -0.15) is 0 Å². The first kappa shape index (κ1) is 14.5. The fourth-order valence-electron chi connectivity index (χ4n) is 3.28. The Kier molecular flexibility index (Phi) is 4.94. The summed E-state index contributed by atoms with van der Waals surface area (Å²) in [5.74, 6) is 0.451. The lowest BCUT2D eigenvalue weighted by Crippen LogP contribution is -2.30. The van der Waals surface area contributed by atoms with Crippen LogP contribution in [0.3, 0.4) is 0 Å². The van der Waals surface area contributed by atoms with Gasteiger partial charge in [-0.25, -0.2) is 4.39 Å². The summed E-state index contributed by atoms with van der Waals surface area (Å²) >= 11 is 0. The molecule has 1 aromatic carbocycles. The van der Waals surface area contributed by atoms with Crippen LogP contribution in [0, 0.1) is 18.7 Å². The third-order valence-corrected chi connectivity index (χ3v) is 4.07. The fraction of sp³-hybridized carbons (Fsp3) is 0.625. The summed E-state index contributed by atoms with van der Waals surface area (Å²) in [7, 11) is 1.98. The van der Waals surface area contributed by atoms with Crippen molar-refractivity contribution in [3.8, 4) is 0 Å². The summed E-state index contributed by atoms with van der Waals surface area (Å²) in [6, 6.07) is 5.72. The van der Waals surface area contributed by atoms with Gasteiger partial charge in [-0.15, -0.1) is 0 Å². The fourth-order valence-corrected chi connectivity index (χ4v) is 3.28. The monoisotopic (exact) mass is 264 g/mol. The Morgan fingerprint density at radius 2 is 2.21 bits per heavy atom. The van der Waals surface area contributed by atoms with Crippen molar-refractivity contribution >= 4 is 0 Å². The molecule has 2 nitrogen and oxygen atoms in total. The lowest BCUT2D eigenvalue weighted by atomic mass is 9.92. The lowest BCUT2D eigenvalue weighted by molar-refractivity contribution is 0.222. The van der Waals surface area contributed by atoms with Crippen LogP contribution in [0.15, 0.2) is 18.2 Å². The molecule has 0 spiro atoms. The molecule has 2 unspecified atom stereocenters. The first-order chi connectivity index (χ1) is 9.17. The molecule has 1 N–H and O–H groups in total. The molecule has 0 amide bonds. The highest BCUT2D eigenvalue weighted by atomic mass is 19.1. The predicted molar refractivity (Wildman–Crippen MR) is 77.8 cm³/mol. The molecule has 0 radical (unpaired) electrons. The molecule has 1 fully saturated rings. The van der Waals surface area contributed by atoms with Gasteiger partial charge in [-0.1, -0.05) is 24.6 Å². The first-order valence-corrected chi connectivity index (χ1v) is 7.32. The summed E-state index contributed by atoms with van der Waals surface area (Å²) in [6.45, 7) is 7.32. The van der Waals surface area contributed by atoms with Gasteiger partial charge in [0.25, 0.3) is 0 Å². The van der Waals surface area contributed by atoms with Crippen molar-refractivity contribution in [3.63, 3.8) is 0 Å². The molecule has 1 aliphatic rings. The first-order valence-electron chi connectivity index (χ1n) is 7.32. The SMILES string of the molecule is CCCN1CCC(CNC)C1c1cc(C)ccc1F. The van der Waals surface area contributed by atoms with Crippen molar-refractivity contribution in [1.29, 1.82) is 0 Å². The number of aryl methyl sites for hydroxylation is 1. The molecule has 2 rings (SSSR count). The van der Waals surface area contributed by atoms with E-state index in [4.69, 9.17) is 0 Å². The summed E-state index contributed by atoms with van der Waals surface area (Å²) in [4.78, 5) is 2.44. The molecule has 1 heterocycles. The van der Waals surface area contributed by atoms with E-state index in [1.54, 1.807) is 6.07 Å². The number of nitrogens with zero attached hydrogens (tertiary/aromatic N) is 1. The summed E-state index contributed by atoms with van der Waals surface area (Å²) in [6.07, 6.45) is 2.27. The van der Waals surface area contributed by atoms with Gasteiger partial charge in [0.1, 0.15) is 5.82 Å². The molecule has 0 aliphatic carbocycles. The van der Waals surface area contributed by atoms with Gasteiger partial charge in [0, 0.05) is 11.6 Å². The minimum absolute atomic E-state index is 0.0558. The van der Waals surface area contributed by atoms with Crippen molar-refractivity contribution in [3.05, 3.63) is 35.1 Å². The Bertz CT molecular complexity index is 405. The molecule has 1 saturated heterocycles. The summed E-state index contributed by atoms with van der Waals surface area (Å²) < 4.78 is 14.2. The Morgan fingerprint density at radius 3 is 2.89 bits per heavy atom. The normalized spacial score (nSPS) is 24.0. The Labute approximate surface area is 116 Å². The number of hydrogen-bond donors (Lipinski definition) is 1. The minimum Gasteiger partial charge on any atom is -0.319 e. The average Bonchev–Trinajstić information content (AvgIpc) is 2.76. The second-order valence-electron chi connectivity index (χ2n) is 5.61. The maximum absolute atomic E-state index is 14.2. The number of rotatable bonds is 5. The van der Waals surface area contributed by atoms with Gasteiger partial charge in [-0.3, -0.25) is 4.90 Å². The highest BCUT2D eigenvalue weighted by Crippen LogP contribution is 2.38. The maximum Gasteiger partial charge on any atom is 0.128 e. The molecular weight excluding hydrogens is 239 g/mol. The van der Waals surface area contributed by atoms with E-state index in [1.165, 1.54) is 0 Å². The summed E-state index contributed by atoms with van der Waals surface area (Å²) in [5, 5.41) is 3.26. The van der Waals surface area contributed by atoms with Crippen molar-refractivity contribution < 1.29 is 4.39 Å². The van der Waals surface area contributed by atoms with Gasteiger partial charge in [0.05, 0.1) is 0 Å². The molecule has 3 heteroatoms. The van der Waals surface area contributed by atoms with Crippen molar-refractivity contribution in [2.45, 2.75) is 32.7 Å². The standard InChI is InChI=1S/C16H25FN2/c1-4-8-19-9-7-13(11-18-3)16(19)14-10-12(2)5-6-15(14)17/h5-6,10,13,16,18H,4,7-9,11H2,1-3H3. The molecule has 0 saturated carbocycles. The zero-order valence-corrected chi connectivity index (χ0v) is 12.2. The van der Waals surface area contributed by atoms with Crippen LogP contribution >= 0.6 is 0 Å². The molecule has 1 aromatic rings. The third kappa shape index (κ3) is 3.15. The van der Waals surface area contributed by atoms with Crippen LogP contribution < -0.4 is 5.32 Å². The van der Waals surface area contributed by atoms with Gasteiger partial charge in [-0.05, 0) is 58.4 Å².